The van der Waals surface area contributed by atoms with Gasteiger partial charge in [-0.15, -0.1) is 0 Å². The molecule has 1 aromatic carbocycles. The minimum Gasteiger partial charge on any atom is -0.394 e. The molecule has 0 aliphatic carbocycles. The van der Waals surface area contributed by atoms with Crippen molar-refractivity contribution in [3.8, 4) is 0 Å². The average Bonchev–Trinajstić information content (AvgIpc) is 2.61. The SMILES string of the molecule is CCc1nn(C)c(Nc2cc(C)ccc2Cl)c1N. The highest BCUT2D eigenvalue weighted by atomic mass is 35.5. The lowest BCUT2D eigenvalue weighted by Gasteiger charge is -2.10. The third kappa shape index (κ3) is 2.29. The number of aromatic nitrogens is 2. The van der Waals surface area contributed by atoms with Gasteiger partial charge >= 0.3 is 0 Å². The number of nitrogens with zero attached hydrogens (tertiary/aromatic N) is 2. The third-order valence-corrected chi connectivity index (χ3v) is 3.20. The normalized spacial score (nSPS) is 10.7. The number of benzene rings is 1. The first-order chi connectivity index (χ1) is 8.52. The van der Waals surface area contributed by atoms with Crippen molar-refractivity contribution in [3.63, 3.8) is 0 Å². The topological polar surface area (TPSA) is 55.9 Å². The Morgan fingerprint density at radius 2 is 2.17 bits per heavy atom. The van der Waals surface area contributed by atoms with E-state index in [2.05, 4.69) is 10.4 Å². The molecule has 18 heavy (non-hydrogen) atoms. The monoisotopic (exact) mass is 264 g/mol. The van der Waals surface area contributed by atoms with Gasteiger partial charge in [0, 0.05) is 7.05 Å². The summed E-state index contributed by atoms with van der Waals surface area (Å²) in [6.45, 7) is 4.05. The predicted molar refractivity (Wildman–Crippen MR) is 76.5 cm³/mol. The second kappa shape index (κ2) is 4.90. The van der Waals surface area contributed by atoms with Gasteiger partial charge in [0.15, 0.2) is 5.82 Å². The predicted octanol–water partition coefficient (Wildman–Crippen LogP) is 3.27. The van der Waals surface area contributed by atoms with E-state index in [0.717, 1.165) is 29.2 Å². The fraction of sp³-hybridized carbons (Fsp3) is 0.308. The third-order valence-electron chi connectivity index (χ3n) is 2.87. The highest BCUT2D eigenvalue weighted by Crippen LogP contribution is 2.30. The number of nitrogen functional groups attached to an aromatic ring is 1. The fourth-order valence-corrected chi connectivity index (χ4v) is 2.03. The zero-order valence-corrected chi connectivity index (χ0v) is 11.5. The lowest BCUT2D eigenvalue weighted by atomic mass is 10.2. The number of nitrogens with two attached hydrogens (primary N) is 1. The second-order valence-corrected chi connectivity index (χ2v) is 4.70. The molecule has 96 valence electrons. The Hall–Kier alpha value is -1.68. The van der Waals surface area contributed by atoms with Crippen LogP contribution < -0.4 is 11.1 Å². The molecule has 3 N–H and O–H groups in total. The van der Waals surface area contributed by atoms with Crippen LogP contribution >= 0.6 is 11.6 Å². The van der Waals surface area contributed by atoms with Crippen molar-refractivity contribution in [3.05, 3.63) is 34.5 Å². The van der Waals surface area contributed by atoms with Crippen molar-refractivity contribution in [2.24, 2.45) is 7.05 Å². The molecule has 2 rings (SSSR count). The largest absolute Gasteiger partial charge is 0.394 e. The first-order valence-corrected chi connectivity index (χ1v) is 6.25. The van der Waals surface area contributed by atoms with Gasteiger partial charge in [-0.05, 0) is 31.0 Å². The molecule has 1 heterocycles. The summed E-state index contributed by atoms with van der Waals surface area (Å²) in [5, 5.41) is 8.28. The van der Waals surface area contributed by atoms with Gasteiger partial charge in [0.2, 0.25) is 0 Å². The van der Waals surface area contributed by atoms with Crippen LogP contribution in [-0.2, 0) is 13.5 Å². The zero-order chi connectivity index (χ0) is 13.3. The van der Waals surface area contributed by atoms with E-state index in [0.29, 0.717) is 10.7 Å². The van der Waals surface area contributed by atoms with E-state index in [9.17, 15) is 0 Å². The molecular weight excluding hydrogens is 248 g/mol. The molecule has 0 saturated heterocycles. The first-order valence-electron chi connectivity index (χ1n) is 5.87. The van der Waals surface area contributed by atoms with E-state index < -0.39 is 0 Å². The Morgan fingerprint density at radius 3 is 2.78 bits per heavy atom. The van der Waals surface area contributed by atoms with Crippen molar-refractivity contribution >= 4 is 28.8 Å². The van der Waals surface area contributed by atoms with Crippen LogP contribution in [0.4, 0.5) is 17.2 Å². The lowest BCUT2D eigenvalue weighted by Crippen LogP contribution is -2.02. The molecule has 5 heteroatoms. The van der Waals surface area contributed by atoms with E-state index in [1.54, 1.807) is 4.68 Å². The molecule has 0 spiro atoms. The summed E-state index contributed by atoms with van der Waals surface area (Å²) in [6.07, 6.45) is 0.808. The van der Waals surface area contributed by atoms with E-state index in [-0.39, 0.29) is 0 Å². The first kappa shape index (κ1) is 12.8. The quantitative estimate of drug-likeness (QED) is 0.895. The molecule has 0 aliphatic rings. The van der Waals surface area contributed by atoms with Crippen LogP contribution in [0.1, 0.15) is 18.2 Å². The van der Waals surface area contributed by atoms with Crippen LogP contribution in [-0.4, -0.2) is 9.78 Å². The summed E-state index contributed by atoms with van der Waals surface area (Å²) in [5.74, 6) is 0.777. The summed E-state index contributed by atoms with van der Waals surface area (Å²) in [5.41, 5.74) is 9.61. The van der Waals surface area contributed by atoms with Crippen molar-refractivity contribution < 1.29 is 0 Å². The molecule has 0 bridgehead atoms. The second-order valence-electron chi connectivity index (χ2n) is 4.29. The summed E-state index contributed by atoms with van der Waals surface area (Å²) in [6, 6.07) is 5.82. The standard InChI is InChI=1S/C13H17ClN4/c1-4-10-12(15)13(18(3)17-10)16-11-7-8(2)5-6-9(11)14/h5-7,16H,4,15H2,1-3H3. The molecule has 0 saturated carbocycles. The van der Waals surface area contributed by atoms with Crippen LogP contribution in [0.15, 0.2) is 18.2 Å². The van der Waals surface area contributed by atoms with Gasteiger partial charge in [-0.3, -0.25) is 4.68 Å². The Kier molecular flexibility index (Phi) is 3.48. The van der Waals surface area contributed by atoms with Crippen LogP contribution in [0, 0.1) is 6.92 Å². The summed E-state index contributed by atoms with van der Waals surface area (Å²) in [4.78, 5) is 0. The maximum absolute atomic E-state index is 6.16. The van der Waals surface area contributed by atoms with Gasteiger partial charge in [0.1, 0.15) is 0 Å². The van der Waals surface area contributed by atoms with Crippen LogP contribution in [0.3, 0.4) is 0 Å². The molecule has 0 radical (unpaired) electrons. The molecule has 1 aromatic heterocycles. The smallest absolute Gasteiger partial charge is 0.152 e. The van der Waals surface area contributed by atoms with Crippen molar-refractivity contribution in [1.82, 2.24) is 9.78 Å². The Morgan fingerprint density at radius 1 is 1.44 bits per heavy atom. The van der Waals surface area contributed by atoms with Gasteiger partial charge in [-0.25, -0.2) is 0 Å². The number of aryl methyl sites for hydroxylation is 3. The number of anilines is 3. The molecular formula is C13H17ClN4. The Labute approximate surface area is 112 Å². The average molecular weight is 265 g/mol. The highest BCUT2D eigenvalue weighted by molar-refractivity contribution is 6.33. The van der Waals surface area contributed by atoms with Gasteiger partial charge in [-0.1, -0.05) is 24.6 Å². The van der Waals surface area contributed by atoms with Gasteiger partial charge in [-0.2, -0.15) is 5.10 Å². The van der Waals surface area contributed by atoms with E-state index >= 15 is 0 Å². The molecule has 0 aliphatic heterocycles. The number of halogens is 1. The van der Waals surface area contributed by atoms with Crippen LogP contribution in [0.5, 0.6) is 0 Å². The van der Waals surface area contributed by atoms with Gasteiger partial charge in [0.05, 0.1) is 22.1 Å². The minimum absolute atomic E-state index is 0.666. The molecule has 2 aromatic rings. The Balaban J connectivity index is 2.39. The number of hydrogen-bond donors (Lipinski definition) is 2. The number of hydrogen-bond acceptors (Lipinski definition) is 3. The van der Waals surface area contributed by atoms with E-state index in [1.165, 1.54) is 0 Å². The zero-order valence-electron chi connectivity index (χ0n) is 10.8. The van der Waals surface area contributed by atoms with Crippen LogP contribution in [0.2, 0.25) is 5.02 Å². The maximum atomic E-state index is 6.16. The minimum atomic E-state index is 0.666. The summed E-state index contributed by atoms with van der Waals surface area (Å²) in [7, 11) is 1.86. The van der Waals surface area contributed by atoms with E-state index in [4.69, 9.17) is 17.3 Å². The molecule has 4 nitrogen and oxygen atoms in total. The maximum Gasteiger partial charge on any atom is 0.152 e. The summed E-state index contributed by atoms with van der Waals surface area (Å²) < 4.78 is 1.74. The van der Waals surface area contributed by atoms with Gasteiger partial charge < -0.3 is 11.1 Å². The fourth-order valence-electron chi connectivity index (χ4n) is 1.87. The molecule has 0 fully saturated rings. The van der Waals surface area contributed by atoms with Crippen LogP contribution in [0.25, 0.3) is 0 Å². The van der Waals surface area contributed by atoms with E-state index in [1.807, 2.05) is 39.1 Å². The molecule has 0 atom stereocenters. The van der Waals surface area contributed by atoms with Crippen molar-refractivity contribution in [2.75, 3.05) is 11.1 Å². The molecule has 0 unspecified atom stereocenters. The van der Waals surface area contributed by atoms with Gasteiger partial charge in [0.25, 0.3) is 0 Å². The summed E-state index contributed by atoms with van der Waals surface area (Å²) >= 11 is 6.16. The molecule has 0 amide bonds. The lowest BCUT2D eigenvalue weighted by molar-refractivity contribution is 0.753. The highest BCUT2D eigenvalue weighted by Gasteiger charge is 2.13. The van der Waals surface area contributed by atoms with Crippen molar-refractivity contribution in [2.45, 2.75) is 20.3 Å². The number of rotatable bonds is 3. The van der Waals surface area contributed by atoms with Crippen molar-refractivity contribution in [1.29, 1.82) is 0 Å². The Bertz CT molecular complexity index is 575. The number of nitrogens with one attached hydrogen (secondary N) is 1.